The number of ether oxygens (including phenoxy) is 2. The van der Waals surface area contributed by atoms with Crippen LogP contribution in [0, 0.1) is 0 Å². The van der Waals surface area contributed by atoms with Crippen molar-refractivity contribution in [3.63, 3.8) is 0 Å². The normalized spacial score (nSPS) is 17.2. The third-order valence-electron chi connectivity index (χ3n) is 4.31. The van der Waals surface area contributed by atoms with Crippen LogP contribution in [-0.2, 0) is 22.6 Å². The molecule has 1 aromatic heterocycles. The van der Waals surface area contributed by atoms with E-state index >= 15 is 0 Å². The van der Waals surface area contributed by atoms with E-state index in [1.54, 1.807) is 18.4 Å². The molecule has 0 bridgehead atoms. The first-order valence-corrected chi connectivity index (χ1v) is 10.4. The molecular formula is C18H22ClN3O4S. The Morgan fingerprint density at radius 2 is 2.04 bits per heavy atom. The number of thioether (sulfide) groups is 1. The van der Waals surface area contributed by atoms with Gasteiger partial charge in [0.1, 0.15) is 0 Å². The van der Waals surface area contributed by atoms with Crippen LogP contribution in [0.25, 0.3) is 0 Å². The maximum Gasteiger partial charge on any atom is 0.354 e. The Balaban J connectivity index is 1.78. The summed E-state index contributed by atoms with van der Waals surface area (Å²) in [6.07, 6.45) is 4.45. The molecule has 0 saturated carbocycles. The second kappa shape index (κ2) is 9.54. The Bertz CT molecular complexity index is 876. The lowest BCUT2D eigenvalue weighted by Gasteiger charge is -2.22. The molecule has 9 heteroatoms. The number of hydrogen-bond acceptors (Lipinski definition) is 6. The fourth-order valence-electron chi connectivity index (χ4n) is 2.88. The van der Waals surface area contributed by atoms with Crippen molar-refractivity contribution in [3.8, 4) is 0 Å². The van der Waals surface area contributed by atoms with Crippen LogP contribution >= 0.6 is 23.4 Å². The number of benzene rings is 1. The lowest BCUT2D eigenvalue weighted by atomic mass is 10.2. The van der Waals surface area contributed by atoms with Crippen LogP contribution in [-0.4, -0.2) is 39.9 Å². The predicted molar refractivity (Wildman–Crippen MR) is 105 cm³/mol. The molecule has 3 rings (SSSR count). The minimum absolute atomic E-state index is 0.139. The molecular weight excluding hydrogens is 390 g/mol. The van der Waals surface area contributed by atoms with E-state index < -0.39 is 11.4 Å². The zero-order valence-electron chi connectivity index (χ0n) is 15.1. The molecule has 1 saturated heterocycles. The summed E-state index contributed by atoms with van der Waals surface area (Å²) in [4.78, 5) is 29.2. The Labute approximate surface area is 166 Å². The van der Waals surface area contributed by atoms with E-state index in [1.807, 2.05) is 12.1 Å². The van der Waals surface area contributed by atoms with Gasteiger partial charge in [-0.3, -0.25) is 4.57 Å². The fourth-order valence-corrected chi connectivity index (χ4v) is 3.54. The number of rotatable bonds is 7. The van der Waals surface area contributed by atoms with Crippen molar-refractivity contribution < 1.29 is 9.47 Å². The van der Waals surface area contributed by atoms with Gasteiger partial charge < -0.3 is 9.47 Å². The zero-order chi connectivity index (χ0) is 19.2. The lowest BCUT2D eigenvalue weighted by molar-refractivity contribution is -0.163. The van der Waals surface area contributed by atoms with Crippen LogP contribution in [0.5, 0.6) is 0 Å². The highest BCUT2D eigenvalue weighted by Gasteiger charge is 2.16. The van der Waals surface area contributed by atoms with Crippen molar-refractivity contribution in [2.24, 2.45) is 0 Å². The average Bonchev–Trinajstić information content (AvgIpc) is 2.68. The van der Waals surface area contributed by atoms with E-state index in [4.69, 9.17) is 21.1 Å². The summed E-state index contributed by atoms with van der Waals surface area (Å²) in [7, 11) is 0. The van der Waals surface area contributed by atoms with Crippen LogP contribution in [0.1, 0.15) is 24.8 Å². The van der Waals surface area contributed by atoms with E-state index in [2.05, 4.69) is 4.98 Å². The molecule has 0 amide bonds. The number of nitrogens with zero attached hydrogens (tertiary/aromatic N) is 3. The third-order valence-corrected chi connectivity index (χ3v) is 5.24. The first-order valence-electron chi connectivity index (χ1n) is 8.82. The Morgan fingerprint density at radius 3 is 2.70 bits per heavy atom. The first-order chi connectivity index (χ1) is 13.1. The fraction of sp³-hybridized carbons (Fsp3) is 0.500. The maximum atomic E-state index is 12.9. The van der Waals surface area contributed by atoms with Gasteiger partial charge in [-0.1, -0.05) is 35.5 Å². The number of hydrogen-bond donors (Lipinski definition) is 0. The van der Waals surface area contributed by atoms with Crippen LogP contribution < -0.4 is 11.4 Å². The Morgan fingerprint density at radius 1 is 1.26 bits per heavy atom. The predicted octanol–water partition coefficient (Wildman–Crippen LogP) is 2.37. The van der Waals surface area contributed by atoms with E-state index in [0.29, 0.717) is 23.3 Å². The van der Waals surface area contributed by atoms with Gasteiger partial charge in [-0.05, 0) is 43.2 Å². The molecule has 7 nitrogen and oxygen atoms in total. The third kappa shape index (κ3) is 5.22. The van der Waals surface area contributed by atoms with Crippen LogP contribution in [0.3, 0.4) is 0 Å². The topological polar surface area (TPSA) is 75.4 Å². The summed E-state index contributed by atoms with van der Waals surface area (Å²) >= 11 is 7.18. The van der Waals surface area contributed by atoms with Gasteiger partial charge in [-0.25, -0.2) is 14.2 Å². The number of halogens is 1. The minimum atomic E-state index is -0.565. The largest absolute Gasteiger partial charge is 0.354 e. The molecule has 2 aromatic rings. The van der Waals surface area contributed by atoms with Crippen molar-refractivity contribution in [1.29, 1.82) is 0 Å². The van der Waals surface area contributed by atoms with Gasteiger partial charge in [0.15, 0.2) is 11.4 Å². The molecule has 1 aliphatic rings. The van der Waals surface area contributed by atoms with E-state index in [9.17, 15) is 9.59 Å². The lowest BCUT2D eigenvalue weighted by Crippen LogP contribution is -2.43. The van der Waals surface area contributed by atoms with Gasteiger partial charge in [0.05, 0.1) is 19.7 Å². The van der Waals surface area contributed by atoms with Crippen molar-refractivity contribution >= 4 is 23.4 Å². The first kappa shape index (κ1) is 20.1. The maximum absolute atomic E-state index is 12.9. The summed E-state index contributed by atoms with van der Waals surface area (Å²) in [5.74, 6) is 0. The van der Waals surface area contributed by atoms with Crippen LogP contribution in [0.15, 0.2) is 39.0 Å². The monoisotopic (exact) mass is 411 g/mol. The molecule has 0 aliphatic carbocycles. The molecule has 27 heavy (non-hydrogen) atoms. The van der Waals surface area contributed by atoms with Crippen molar-refractivity contribution in [3.05, 3.63) is 55.8 Å². The van der Waals surface area contributed by atoms with Crippen molar-refractivity contribution in [2.45, 2.75) is 43.8 Å². The summed E-state index contributed by atoms with van der Waals surface area (Å²) in [6.45, 7) is 1.36. The Hall–Kier alpha value is -1.61. The van der Waals surface area contributed by atoms with Gasteiger partial charge in [0, 0.05) is 11.6 Å². The summed E-state index contributed by atoms with van der Waals surface area (Å²) < 4.78 is 13.8. The van der Waals surface area contributed by atoms with E-state index in [0.717, 1.165) is 29.4 Å². The van der Waals surface area contributed by atoms with E-state index in [1.165, 1.54) is 16.3 Å². The number of aromatic nitrogens is 3. The smallest absolute Gasteiger partial charge is 0.353 e. The quantitative estimate of drug-likeness (QED) is 0.651. The molecule has 1 aliphatic heterocycles. The highest BCUT2D eigenvalue weighted by atomic mass is 35.5. The highest BCUT2D eigenvalue weighted by Crippen LogP contribution is 2.14. The molecule has 0 spiro atoms. The summed E-state index contributed by atoms with van der Waals surface area (Å²) in [6, 6.07) is 7.22. The molecule has 1 fully saturated rings. The zero-order valence-corrected chi connectivity index (χ0v) is 16.7. The van der Waals surface area contributed by atoms with Crippen LogP contribution in [0.4, 0.5) is 0 Å². The van der Waals surface area contributed by atoms with Crippen molar-refractivity contribution in [2.75, 3.05) is 19.5 Å². The summed E-state index contributed by atoms with van der Waals surface area (Å²) in [5.41, 5.74) is -0.0667. The van der Waals surface area contributed by atoms with E-state index in [-0.39, 0.29) is 19.4 Å². The van der Waals surface area contributed by atoms with Gasteiger partial charge in [-0.2, -0.15) is 4.98 Å². The second-order valence-electron chi connectivity index (χ2n) is 6.19. The van der Waals surface area contributed by atoms with Gasteiger partial charge in [-0.15, -0.1) is 0 Å². The second-order valence-corrected chi connectivity index (χ2v) is 7.40. The van der Waals surface area contributed by atoms with Crippen molar-refractivity contribution in [1.82, 2.24) is 14.1 Å². The van der Waals surface area contributed by atoms with Crippen LogP contribution in [0.2, 0.25) is 5.02 Å². The molecule has 2 heterocycles. The molecule has 1 atom stereocenters. The average molecular weight is 412 g/mol. The molecule has 146 valence electrons. The molecule has 1 unspecified atom stereocenters. The van der Waals surface area contributed by atoms with Gasteiger partial charge in [0.2, 0.25) is 0 Å². The molecule has 0 N–H and O–H groups in total. The minimum Gasteiger partial charge on any atom is -0.353 e. The Kier molecular flexibility index (Phi) is 7.12. The molecule has 0 radical (unpaired) electrons. The van der Waals surface area contributed by atoms with Gasteiger partial charge in [0.25, 0.3) is 0 Å². The van der Waals surface area contributed by atoms with Gasteiger partial charge >= 0.3 is 11.4 Å². The molecule has 1 aromatic carbocycles. The SMILES string of the molecule is CSc1nc(=O)n(CCOC2CCCCO2)c(=O)n1Cc1ccc(Cl)cc1. The highest BCUT2D eigenvalue weighted by molar-refractivity contribution is 7.98. The summed E-state index contributed by atoms with van der Waals surface area (Å²) in [5, 5.41) is 1.01. The standard InChI is InChI=1S/C18H22ClN3O4S/c1-27-17-20-16(23)21(9-11-26-15-4-2-3-10-25-15)18(24)22(17)12-13-5-7-14(19)8-6-13/h5-8,15H,2-4,9-12H2,1H3.